The maximum atomic E-state index is 10.6. The van der Waals surface area contributed by atoms with Crippen LogP contribution in [0.4, 0.5) is 0 Å². The van der Waals surface area contributed by atoms with Crippen LogP contribution in [0.3, 0.4) is 0 Å². The van der Waals surface area contributed by atoms with Crippen molar-refractivity contribution in [2.75, 3.05) is 7.11 Å². The third-order valence-corrected chi connectivity index (χ3v) is 4.55. The number of phenolic OH excluding ortho intramolecular Hbond substituents is 3. The van der Waals surface area contributed by atoms with Crippen LogP contribution in [-0.4, -0.2) is 27.5 Å². The van der Waals surface area contributed by atoms with Gasteiger partial charge in [0.15, 0.2) is 0 Å². The Labute approximate surface area is 141 Å². The van der Waals surface area contributed by atoms with Crippen LogP contribution in [0, 0.1) is 20.8 Å². The molecule has 2 aromatic carbocycles. The average Bonchev–Trinajstić information content (AvgIpc) is 2.52. The van der Waals surface area contributed by atoms with E-state index in [-0.39, 0.29) is 17.2 Å². The van der Waals surface area contributed by atoms with Gasteiger partial charge in [-0.15, -0.1) is 0 Å². The summed E-state index contributed by atoms with van der Waals surface area (Å²) in [5, 5.41) is 40.2. The Morgan fingerprint density at radius 3 is 2.25 bits per heavy atom. The number of benzene rings is 2. The van der Waals surface area contributed by atoms with Gasteiger partial charge >= 0.3 is 0 Å². The van der Waals surface area contributed by atoms with Gasteiger partial charge in [-0.2, -0.15) is 0 Å². The number of aliphatic hydroxyl groups is 1. The van der Waals surface area contributed by atoms with E-state index in [0.717, 1.165) is 5.56 Å². The Kier molecular flexibility index (Phi) is 5.24. The summed E-state index contributed by atoms with van der Waals surface area (Å²) in [7, 11) is 1.57. The third kappa shape index (κ3) is 3.26. The number of ether oxygens (including phenoxy) is 1. The van der Waals surface area contributed by atoms with Crippen LogP contribution in [-0.2, 0) is 6.42 Å². The zero-order valence-corrected chi connectivity index (χ0v) is 14.4. The number of aliphatic hydroxyl groups excluding tert-OH is 1. The molecule has 0 saturated heterocycles. The Morgan fingerprint density at radius 1 is 1.00 bits per heavy atom. The van der Waals surface area contributed by atoms with E-state index in [1.165, 1.54) is 12.1 Å². The number of aromatic hydroxyl groups is 3. The van der Waals surface area contributed by atoms with Crippen molar-refractivity contribution in [2.45, 2.75) is 39.7 Å². The van der Waals surface area contributed by atoms with E-state index in [9.17, 15) is 20.4 Å². The topological polar surface area (TPSA) is 90.2 Å². The van der Waals surface area contributed by atoms with E-state index >= 15 is 0 Å². The van der Waals surface area contributed by atoms with E-state index in [4.69, 9.17) is 4.74 Å². The molecule has 24 heavy (non-hydrogen) atoms. The summed E-state index contributed by atoms with van der Waals surface area (Å²) in [6.45, 7) is 5.46. The van der Waals surface area contributed by atoms with E-state index in [1.54, 1.807) is 20.1 Å². The van der Waals surface area contributed by atoms with Crippen LogP contribution < -0.4 is 4.74 Å². The van der Waals surface area contributed by atoms with Gasteiger partial charge in [-0.1, -0.05) is 6.07 Å². The van der Waals surface area contributed by atoms with Gasteiger partial charge in [-0.3, -0.25) is 0 Å². The fourth-order valence-electron chi connectivity index (χ4n) is 3.05. The number of phenols is 3. The first-order valence-electron chi connectivity index (χ1n) is 7.83. The molecule has 5 nitrogen and oxygen atoms in total. The van der Waals surface area contributed by atoms with Crippen molar-refractivity contribution in [3.05, 3.63) is 46.0 Å². The van der Waals surface area contributed by atoms with Gasteiger partial charge in [-0.25, -0.2) is 0 Å². The molecule has 0 amide bonds. The number of hydrogen-bond acceptors (Lipinski definition) is 5. The first-order valence-corrected chi connectivity index (χ1v) is 7.83. The molecule has 0 fully saturated rings. The predicted molar refractivity (Wildman–Crippen MR) is 91.9 cm³/mol. The zero-order chi connectivity index (χ0) is 18.0. The van der Waals surface area contributed by atoms with Crippen LogP contribution in [0.25, 0.3) is 0 Å². The molecule has 4 N–H and O–H groups in total. The lowest BCUT2D eigenvalue weighted by Gasteiger charge is -2.21. The van der Waals surface area contributed by atoms with Gasteiger partial charge in [0.1, 0.15) is 23.0 Å². The van der Waals surface area contributed by atoms with Gasteiger partial charge < -0.3 is 25.2 Å². The fourth-order valence-corrected chi connectivity index (χ4v) is 3.05. The lowest BCUT2D eigenvalue weighted by atomic mass is 9.91. The monoisotopic (exact) mass is 332 g/mol. The minimum Gasteiger partial charge on any atom is -0.508 e. The van der Waals surface area contributed by atoms with Gasteiger partial charge in [-0.05, 0) is 56.4 Å². The highest BCUT2D eigenvalue weighted by molar-refractivity contribution is 5.58. The van der Waals surface area contributed by atoms with Gasteiger partial charge in [0, 0.05) is 17.2 Å². The number of hydrogen-bond donors (Lipinski definition) is 4. The number of rotatable bonds is 5. The maximum Gasteiger partial charge on any atom is 0.125 e. The number of methoxy groups -OCH3 is 1. The molecule has 0 radical (unpaired) electrons. The molecule has 0 aliphatic heterocycles. The quantitative estimate of drug-likeness (QED) is 0.674. The maximum absolute atomic E-state index is 10.6. The van der Waals surface area contributed by atoms with E-state index < -0.39 is 6.10 Å². The van der Waals surface area contributed by atoms with Gasteiger partial charge in [0.25, 0.3) is 0 Å². The minimum absolute atomic E-state index is 0.0100. The van der Waals surface area contributed by atoms with E-state index in [2.05, 4.69) is 0 Å². The van der Waals surface area contributed by atoms with Crippen LogP contribution >= 0.6 is 0 Å². The van der Waals surface area contributed by atoms with Crippen molar-refractivity contribution in [3.8, 4) is 23.0 Å². The summed E-state index contributed by atoms with van der Waals surface area (Å²) in [6.07, 6.45) is -0.175. The fraction of sp³-hybridized carbons (Fsp3) is 0.368. The Balaban J connectivity index is 2.30. The summed E-state index contributed by atoms with van der Waals surface area (Å²) >= 11 is 0. The molecule has 1 atom stereocenters. The smallest absolute Gasteiger partial charge is 0.125 e. The highest BCUT2D eigenvalue weighted by Crippen LogP contribution is 2.41. The zero-order valence-electron chi connectivity index (χ0n) is 14.4. The first kappa shape index (κ1) is 17.9. The van der Waals surface area contributed by atoms with Crippen molar-refractivity contribution in [2.24, 2.45) is 0 Å². The van der Waals surface area contributed by atoms with Crippen molar-refractivity contribution >= 4 is 0 Å². The first-order chi connectivity index (χ1) is 11.3. The summed E-state index contributed by atoms with van der Waals surface area (Å²) in [5.74, 6) is 0.713. The Hall–Kier alpha value is -2.40. The highest BCUT2D eigenvalue weighted by atomic mass is 16.5. The molecule has 0 aliphatic carbocycles. The largest absolute Gasteiger partial charge is 0.508 e. The van der Waals surface area contributed by atoms with E-state index in [1.807, 2.05) is 13.8 Å². The van der Waals surface area contributed by atoms with Crippen LogP contribution in [0.2, 0.25) is 0 Å². The van der Waals surface area contributed by atoms with E-state index in [0.29, 0.717) is 40.8 Å². The van der Waals surface area contributed by atoms with Crippen LogP contribution in [0.5, 0.6) is 23.0 Å². The summed E-state index contributed by atoms with van der Waals surface area (Å²) < 4.78 is 5.41. The molecular weight excluding hydrogens is 308 g/mol. The van der Waals surface area contributed by atoms with Crippen molar-refractivity contribution in [3.63, 3.8) is 0 Å². The van der Waals surface area contributed by atoms with Crippen molar-refractivity contribution in [1.82, 2.24) is 0 Å². The van der Waals surface area contributed by atoms with Gasteiger partial charge in [0.05, 0.1) is 13.2 Å². The third-order valence-electron chi connectivity index (χ3n) is 4.55. The average molecular weight is 332 g/mol. The molecule has 0 saturated carbocycles. The standard InChI is InChI=1S/C19H24O5/c1-10-11(2)19(24-4)12(3)17(18(10)23)15(21)8-6-13-5-7-14(20)9-16(13)22/h5,7,9,15,20-23H,6,8H2,1-4H3. The molecule has 0 aliphatic rings. The second-order valence-electron chi connectivity index (χ2n) is 6.04. The van der Waals surface area contributed by atoms with Crippen LogP contribution in [0.1, 0.15) is 40.3 Å². The molecule has 2 aromatic rings. The highest BCUT2D eigenvalue weighted by Gasteiger charge is 2.23. The molecule has 130 valence electrons. The molecule has 0 aromatic heterocycles. The Bertz CT molecular complexity index is 752. The lowest BCUT2D eigenvalue weighted by Crippen LogP contribution is -2.07. The second kappa shape index (κ2) is 7.01. The van der Waals surface area contributed by atoms with Gasteiger partial charge in [0.2, 0.25) is 0 Å². The Morgan fingerprint density at radius 2 is 1.67 bits per heavy atom. The van der Waals surface area contributed by atoms with Crippen molar-refractivity contribution < 1.29 is 25.2 Å². The van der Waals surface area contributed by atoms with Crippen molar-refractivity contribution in [1.29, 1.82) is 0 Å². The van der Waals surface area contributed by atoms with Crippen LogP contribution in [0.15, 0.2) is 18.2 Å². The molecule has 2 rings (SSSR count). The number of aryl methyl sites for hydroxylation is 1. The summed E-state index contributed by atoms with van der Waals surface area (Å²) in [4.78, 5) is 0. The lowest BCUT2D eigenvalue weighted by molar-refractivity contribution is 0.162. The molecule has 0 bridgehead atoms. The second-order valence-corrected chi connectivity index (χ2v) is 6.04. The molecule has 1 unspecified atom stereocenters. The summed E-state index contributed by atoms with van der Waals surface area (Å²) in [5.41, 5.74) is 3.31. The minimum atomic E-state index is -0.897. The molecule has 0 heterocycles. The summed E-state index contributed by atoms with van der Waals surface area (Å²) in [6, 6.07) is 4.37. The SMILES string of the molecule is COc1c(C)c(C)c(O)c(C(O)CCc2ccc(O)cc2O)c1C. The molecular formula is C19H24O5. The molecule has 5 heteroatoms. The molecule has 0 spiro atoms. The predicted octanol–water partition coefficient (Wildman–Crippen LogP) is 3.40. The normalized spacial score (nSPS) is 12.2.